The minimum atomic E-state index is -0.701. The van der Waals surface area contributed by atoms with Crippen molar-refractivity contribution >= 4 is 17.9 Å². The lowest BCUT2D eigenvalue weighted by atomic mass is 9.95. The molecule has 0 bridgehead atoms. The van der Waals surface area contributed by atoms with Gasteiger partial charge in [0, 0.05) is 6.54 Å². The van der Waals surface area contributed by atoms with Gasteiger partial charge in [-0.1, -0.05) is 20.3 Å². The predicted octanol–water partition coefficient (Wildman–Crippen LogP) is 1.43. The number of nitrogens with one attached hydrogen (secondary N) is 2. The fourth-order valence-electron chi connectivity index (χ4n) is 3.35. The van der Waals surface area contributed by atoms with Gasteiger partial charge in [0.05, 0.1) is 6.04 Å². The molecule has 2 saturated heterocycles. The molecule has 2 aliphatic rings. The molecule has 8 heteroatoms. The molecule has 0 aromatic heterocycles. The highest BCUT2D eigenvalue weighted by Gasteiger charge is 2.47. The highest BCUT2D eigenvalue weighted by Crippen LogP contribution is 2.26. The SMILES string of the molecule is CC[C@H](C)[C@@H]1NC(=O)[C@@H]2C[C@H](NC(=O)Oc3ccc(F)cc3)CN2C1=O. The number of hydrogen-bond donors (Lipinski definition) is 2. The molecule has 140 valence electrons. The van der Waals surface area contributed by atoms with Crippen molar-refractivity contribution < 1.29 is 23.5 Å². The van der Waals surface area contributed by atoms with E-state index in [9.17, 15) is 18.8 Å². The Kier molecular flexibility index (Phi) is 5.11. The summed E-state index contributed by atoms with van der Waals surface area (Å²) in [6, 6.07) is 3.61. The maximum absolute atomic E-state index is 12.9. The van der Waals surface area contributed by atoms with Gasteiger partial charge in [0.2, 0.25) is 11.8 Å². The van der Waals surface area contributed by atoms with E-state index in [1.165, 1.54) is 24.3 Å². The van der Waals surface area contributed by atoms with Gasteiger partial charge in [-0.05, 0) is 36.6 Å². The second kappa shape index (κ2) is 7.31. The van der Waals surface area contributed by atoms with Gasteiger partial charge in [-0.15, -0.1) is 0 Å². The Bertz CT molecular complexity index is 709. The van der Waals surface area contributed by atoms with Crippen LogP contribution in [-0.4, -0.2) is 47.5 Å². The summed E-state index contributed by atoms with van der Waals surface area (Å²) in [4.78, 5) is 38.5. The van der Waals surface area contributed by atoms with E-state index < -0.39 is 24.0 Å². The molecular weight excluding hydrogens is 341 g/mol. The number of carbonyl (C=O) groups is 3. The summed E-state index contributed by atoms with van der Waals surface area (Å²) in [5.41, 5.74) is 0. The largest absolute Gasteiger partial charge is 0.412 e. The monoisotopic (exact) mass is 363 g/mol. The number of hydrogen-bond acceptors (Lipinski definition) is 4. The molecule has 1 aromatic carbocycles. The van der Waals surface area contributed by atoms with Crippen LogP contribution in [0.1, 0.15) is 26.7 Å². The summed E-state index contributed by atoms with van der Waals surface area (Å²) in [6.07, 6.45) is 0.414. The van der Waals surface area contributed by atoms with Gasteiger partial charge in [-0.3, -0.25) is 9.59 Å². The molecule has 0 unspecified atom stereocenters. The van der Waals surface area contributed by atoms with Gasteiger partial charge in [-0.2, -0.15) is 0 Å². The van der Waals surface area contributed by atoms with Crippen LogP contribution in [0.3, 0.4) is 0 Å². The second-order valence-electron chi connectivity index (χ2n) is 6.80. The highest BCUT2D eigenvalue weighted by atomic mass is 19.1. The third-order valence-corrected chi connectivity index (χ3v) is 5.01. The Morgan fingerprint density at radius 2 is 2.08 bits per heavy atom. The zero-order valence-electron chi connectivity index (χ0n) is 14.7. The quantitative estimate of drug-likeness (QED) is 0.847. The van der Waals surface area contributed by atoms with Crippen molar-refractivity contribution in [2.24, 2.45) is 5.92 Å². The molecule has 2 N–H and O–H groups in total. The number of fused-ring (bicyclic) bond motifs is 1. The maximum Gasteiger partial charge on any atom is 0.412 e. The third-order valence-electron chi connectivity index (χ3n) is 5.01. The summed E-state index contributed by atoms with van der Waals surface area (Å²) in [5, 5.41) is 5.47. The molecule has 3 rings (SSSR count). The van der Waals surface area contributed by atoms with Crippen LogP contribution in [-0.2, 0) is 9.59 Å². The Hall–Kier alpha value is -2.64. The Labute approximate surface area is 150 Å². The van der Waals surface area contributed by atoms with Crippen molar-refractivity contribution in [3.63, 3.8) is 0 Å². The Morgan fingerprint density at radius 1 is 1.38 bits per heavy atom. The first-order valence-corrected chi connectivity index (χ1v) is 8.73. The number of piperazine rings is 1. The van der Waals surface area contributed by atoms with Crippen LogP contribution in [0.2, 0.25) is 0 Å². The van der Waals surface area contributed by atoms with E-state index in [0.29, 0.717) is 6.42 Å². The van der Waals surface area contributed by atoms with E-state index >= 15 is 0 Å². The number of carbonyl (C=O) groups excluding carboxylic acids is 3. The molecule has 2 heterocycles. The zero-order chi connectivity index (χ0) is 18.8. The Morgan fingerprint density at radius 3 is 2.73 bits per heavy atom. The van der Waals surface area contributed by atoms with E-state index in [0.717, 1.165) is 6.42 Å². The van der Waals surface area contributed by atoms with E-state index in [2.05, 4.69) is 10.6 Å². The van der Waals surface area contributed by atoms with Crippen LogP contribution < -0.4 is 15.4 Å². The van der Waals surface area contributed by atoms with Crippen LogP contribution in [0.15, 0.2) is 24.3 Å². The van der Waals surface area contributed by atoms with Crippen LogP contribution >= 0.6 is 0 Å². The van der Waals surface area contributed by atoms with Gasteiger partial charge < -0.3 is 20.3 Å². The van der Waals surface area contributed by atoms with Crippen molar-refractivity contribution in [1.29, 1.82) is 0 Å². The van der Waals surface area contributed by atoms with E-state index in [1.54, 1.807) is 4.90 Å². The summed E-state index contributed by atoms with van der Waals surface area (Å²) in [5.74, 6) is -0.467. The van der Waals surface area contributed by atoms with E-state index in [-0.39, 0.29) is 36.1 Å². The minimum absolute atomic E-state index is 0.0443. The van der Waals surface area contributed by atoms with Gasteiger partial charge in [0.1, 0.15) is 23.7 Å². The molecule has 0 saturated carbocycles. The molecule has 7 nitrogen and oxygen atoms in total. The minimum Gasteiger partial charge on any atom is -0.410 e. The molecule has 26 heavy (non-hydrogen) atoms. The molecule has 4 atom stereocenters. The standard InChI is InChI=1S/C18H22FN3O4/c1-3-10(2)15-17(24)22-9-12(8-14(22)16(23)21-15)20-18(25)26-13-6-4-11(19)5-7-13/h4-7,10,12,14-15H,3,8-9H2,1-2H3,(H,20,25)(H,21,23)/t10-,12-,14-,15-/m0/s1. The predicted molar refractivity (Wildman–Crippen MR) is 90.9 cm³/mol. The zero-order valence-corrected chi connectivity index (χ0v) is 14.7. The number of benzene rings is 1. The molecule has 2 aliphatic heterocycles. The molecule has 0 radical (unpaired) electrons. The van der Waals surface area contributed by atoms with E-state index in [4.69, 9.17) is 4.74 Å². The third kappa shape index (κ3) is 3.63. The topological polar surface area (TPSA) is 87.7 Å². The first-order valence-electron chi connectivity index (χ1n) is 8.73. The molecule has 3 amide bonds. The number of ether oxygens (including phenoxy) is 1. The summed E-state index contributed by atoms with van der Waals surface area (Å²) in [7, 11) is 0. The van der Waals surface area contributed by atoms with Crippen molar-refractivity contribution in [2.45, 2.75) is 44.8 Å². The highest BCUT2D eigenvalue weighted by molar-refractivity contribution is 5.97. The molecule has 2 fully saturated rings. The van der Waals surface area contributed by atoms with Crippen LogP contribution in [0, 0.1) is 11.7 Å². The van der Waals surface area contributed by atoms with Gasteiger partial charge in [0.15, 0.2) is 0 Å². The van der Waals surface area contributed by atoms with Crippen LogP contribution in [0.5, 0.6) is 5.75 Å². The number of amides is 3. The number of halogens is 1. The molecule has 0 aliphatic carbocycles. The van der Waals surface area contributed by atoms with Gasteiger partial charge >= 0.3 is 6.09 Å². The van der Waals surface area contributed by atoms with Crippen LogP contribution in [0.4, 0.5) is 9.18 Å². The van der Waals surface area contributed by atoms with Crippen molar-refractivity contribution in [3.8, 4) is 5.75 Å². The summed E-state index contributed by atoms with van der Waals surface area (Å²) >= 11 is 0. The average Bonchev–Trinajstić information content (AvgIpc) is 3.04. The summed E-state index contributed by atoms with van der Waals surface area (Å²) in [6.45, 7) is 4.16. The van der Waals surface area contributed by atoms with Crippen molar-refractivity contribution in [2.75, 3.05) is 6.54 Å². The first-order chi connectivity index (χ1) is 12.4. The van der Waals surface area contributed by atoms with Crippen molar-refractivity contribution in [1.82, 2.24) is 15.5 Å². The fourth-order valence-corrected chi connectivity index (χ4v) is 3.35. The smallest absolute Gasteiger partial charge is 0.410 e. The lowest BCUT2D eigenvalue weighted by molar-refractivity contribution is -0.148. The maximum atomic E-state index is 12.9. The first kappa shape index (κ1) is 18.2. The Balaban J connectivity index is 1.60. The number of rotatable bonds is 4. The molecule has 1 aromatic rings. The second-order valence-corrected chi connectivity index (χ2v) is 6.80. The summed E-state index contributed by atoms with van der Waals surface area (Å²) < 4.78 is 18.0. The van der Waals surface area contributed by atoms with Crippen LogP contribution in [0.25, 0.3) is 0 Å². The van der Waals surface area contributed by atoms with Gasteiger partial charge in [-0.25, -0.2) is 9.18 Å². The van der Waals surface area contributed by atoms with E-state index in [1.807, 2.05) is 13.8 Å². The normalized spacial score (nSPS) is 26.1. The van der Waals surface area contributed by atoms with Crippen molar-refractivity contribution in [3.05, 3.63) is 30.1 Å². The molecule has 0 spiro atoms. The molecular formula is C18H22FN3O4. The number of nitrogens with zero attached hydrogens (tertiary/aromatic N) is 1. The fraction of sp³-hybridized carbons (Fsp3) is 0.500. The average molecular weight is 363 g/mol. The van der Waals surface area contributed by atoms with Gasteiger partial charge in [0.25, 0.3) is 0 Å². The lowest BCUT2D eigenvalue weighted by Gasteiger charge is -2.36. The lowest BCUT2D eigenvalue weighted by Crippen LogP contribution is -2.62.